The van der Waals surface area contributed by atoms with Crippen molar-refractivity contribution >= 4 is 39.1 Å². The second kappa shape index (κ2) is 7.63. The number of aromatic nitrogens is 1. The molecular formula is C17H19ClN4O4S. The molecule has 0 aliphatic heterocycles. The number of anilines is 1. The fraction of sp³-hybridized carbons (Fsp3) is 0.235. The zero-order chi connectivity index (χ0) is 20.4. The lowest BCUT2D eigenvalue weighted by atomic mass is 10.1. The second-order valence-electron chi connectivity index (χ2n) is 6.72. The third-order valence-electron chi connectivity index (χ3n) is 3.21. The van der Waals surface area contributed by atoms with Gasteiger partial charge in [-0.15, -0.1) is 0 Å². The first kappa shape index (κ1) is 20.8. The number of amides is 2. The standard InChI is InChI=1S/C17H19ClN4O4S/c1-17(2,3)22-27(25,26)13-7-5-4-6-12(13)21-16(24)14-11(18)8-10(9-20-14)15(19)23/h4-9,22H,1-3H3,(H2,19,23)(H,21,24). The van der Waals surface area contributed by atoms with Crippen molar-refractivity contribution in [3.8, 4) is 0 Å². The van der Waals surface area contributed by atoms with Crippen molar-refractivity contribution in [3.05, 3.63) is 52.8 Å². The Hall–Kier alpha value is -2.49. The summed E-state index contributed by atoms with van der Waals surface area (Å²) in [6, 6.07) is 7.15. The van der Waals surface area contributed by atoms with Crippen LogP contribution >= 0.6 is 11.6 Å². The van der Waals surface area contributed by atoms with E-state index in [1.165, 1.54) is 18.2 Å². The molecule has 0 unspecified atom stereocenters. The number of carbonyl (C=O) groups excluding carboxylic acids is 2. The number of nitrogens with two attached hydrogens (primary N) is 1. The van der Waals surface area contributed by atoms with Gasteiger partial charge in [-0.05, 0) is 39.0 Å². The molecule has 0 saturated carbocycles. The van der Waals surface area contributed by atoms with Gasteiger partial charge in [-0.2, -0.15) is 0 Å². The zero-order valence-corrected chi connectivity index (χ0v) is 16.5. The van der Waals surface area contributed by atoms with E-state index in [9.17, 15) is 18.0 Å². The Morgan fingerprint density at radius 2 is 1.81 bits per heavy atom. The van der Waals surface area contributed by atoms with E-state index in [1.807, 2.05) is 0 Å². The van der Waals surface area contributed by atoms with E-state index < -0.39 is 27.4 Å². The number of sulfonamides is 1. The molecule has 0 bridgehead atoms. The van der Waals surface area contributed by atoms with Gasteiger partial charge < -0.3 is 11.1 Å². The zero-order valence-electron chi connectivity index (χ0n) is 14.9. The van der Waals surface area contributed by atoms with Gasteiger partial charge in [0.05, 0.1) is 16.3 Å². The number of rotatable bonds is 5. The number of hydrogen-bond donors (Lipinski definition) is 3. The Morgan fingerprint density at radius 1 is 1.19 bits per heavy atom. The fourth-order valence-electron chi connectivity index (χ4n) is 2.18. The Kier molecular flexibility index (Phi) is 5.88. The number of nitrogens with zero attached hydrogens (tertiary/aromatic N) is 1. The lowest BCUT2D eigenvalue weighted by Crippen LogP contribution is -2.40. The largest absolute Gasteiger partial charge is 0.366 e. The summed E-state index contributed by atoms with van der Waals surface area (Å²) in [5.41, 5.74) is 4.38. The molecule has 10 heteroatoms. The molecule has 2 amide bonds. The van der Waals surface area contributed by atoms with Crippen LogP contribution in [0.15, 0.2) is 41.4 Å². The lowest BCUT2D eigenvalue weighted by Gasteiger charge is -2.21. The number of para-hydroxylation sites is 1. The molecule has 0 atom stereocenters. The smallest absolute Gasteiger partial charge is 0.275 e. The van der Waals surface area contributed by atoms with Gasteiger partial charge >= 0.3 is 0 Å². The molecule has 1 heterocycles. The van der Waals surface area contributed by atoms with Gasteiger partial charge in [0.15, 0.2) is 0 Å². The number of carbonyl (C=O) groups is 2. The van der Waals surface area contributed by atoms with E-state index in [-0.39, 0.29) is 26.9 Å². The number of nitrogens with one attached hydrogen (secondary N) is 2. The molecule has 0 aliphatic rings. The Balaban J connectivity index is 2.36. The Bertz CT molecular complexity index is 1000. The van der Waals surface area contributed by atoms with Gasteiger partial charge in [-0.25, -0.2) is 18.1 Å². The van der Waals surface area contributed by atoms with Gasteiger partial charge in [0.1, 0.15) is 10.6 Å². The normalized spacial score (nSPS) is 11.9. The summed E-state index contributed by atoms with van der Waals surface area (Å²) < 4.78 is 27.8. The van der Waals surface area contributed by atoms with Crippen LogP contribution in [0, 0.1) is 0 Å². The highest BCUT2D eigenvalue weighted by Gasteiger charge is 2.25. The summed E-state index contributed by atoms with van der Waals surface area (Å²) >= 11 is 5.99. The average molecular weight is 411 g/mol. The van der Waals surface area contributed by atoms with Crippen molar-refractivity contribution in [1.29, 1.82) is 0 Å². The van der Waals surface area contributed by atoms with E-state index in [4.69, 9.17) is 17.3 Å². The van der Waals surface area contributed by atoms with E-state index in [1.54, 1.807) is 32.9 Å². The summed E-state index contributed by atoms with van der Waals surface area (Å²) in [6.07, 6.45) is 1.12. The highest BCUT2D eigenvalue weighted by atomic mass is 35.5. The fourth-order valence-corrected chi connectivity index (χ4v) is 4.02. The van der Waals surface area contributed by atoms with Crippen molar-refractivity contribution in [1.82, 2.24) is 9.71 Å². The predicted molar refractivity (Wildman–Crippen MR) is 102 cm³/mol. The van der Waals surface area contributed by atoms with Crippen LogP contribution in [-0.4, -0.2) is 30.8 Å². The Morgan fingerprint density at radius 3 is 2.37 bits per heavy atom. The highest BCUT2D eigenvalue weighted by Crippen LogP contribution is 2.24. The van der Waals surface area contributed by atoms with Gasteiger partial charge in [-0.1, -0.05) is 23.7 Å². The number of benzene rings is 1. The minimum absolute atomic E-state index is 0.0499. The maximum absolute atomic E-state index is 12.6. The van der Waals surface area contributed by atoms with E-state index in [0.29, 0.717) is 0 Å². The minimum atomic E-state index is -3.88. The highest BCUT2D eigenvalue weighted by molar-refractivity contribution is 7.89. The first-order chi connectivity index (χ1) is 12.4. The molecular weight excluding hydrogens is 392 g/mol. The van der Waals surface area contributed by atoms with Gasteiger partial charge in [0.25, 0.3) is 5.91 Å². The van der Waals surface area contributed by atoms with Crippen LogP contribution in [0.4, 0.5) is 5.69 Å². The summed E-state index contributed by atoms with van der Waals surface area (Å²) in [4.78, 5) is 27.4. The SMILES string of the molecule is CC(C)(C)NS(=O)(=O)c1ccccc1NC(=O)c1ncc(C(N)=O)cc1Cl. The van der Waals surface area contributed by atoms with Crippen LogP contribution in [0.1, 0.15) is 41.6 Å². The van der Waals surface area contributed by atoms with Crippen LogP contribution in [0.5, 0.6) is 0 Å². The van der Waals surface area contributed by atoms with Gasteiger partial charge in [0, 0.05) is 11.7 Å². The van der Waals surface area contributed by atoms with E-state index in [2.05, 4.69) is 15.0 Å². The van der Waals surface area contributed by atoms with Crippen LogP contribution < -0.4 is 15.8 Å². The molecule has 144 valence electrons. The molecule has 8 nitrogen and oxygen atoms in total. The molecule has 0 aliphatic carbocycles. The van der Waals surface area contributed by atoms with E-state index in [0.717, 1.165) is 6.20 Å². The molecule has 1 aromatic heterocycles. The first-order valence-electron chi connectivity index (χ1n) is 7.80. The summed E-state index contributed by atoms with van der Waals surface area (Å²) in [6.45, 7) is 5.11. The molecule has 0 saturated heterocycles. The molecule has 2 rings (SSSR count). The molecule has 0 fully saturated rings. The lowest BCUT2D eigenvalue weighted by molar-refractivity contribution is 0.0993. The van der Waals surface area contributed by atoms with Crippen molar-refractivity contribution in [2.45, 2.75) is 31.2 Å². The third kappa shape index (κ3) is 5.25. The quantitative estimate of drug-likeness (QED) is 0.695. The number of halogens is 1. The third-order valence-corrected chi connectivity index (χ3v) is 5.31. The topological polar surface area (TPSA) is 131 Å². The molecule has 2 aromatic rings. The van der Waals surface area contributed by atoms with Gasteiger partial charge in [-0.3, -0.25) is 9.59 Å². The van der Waals surface area contributed by atoms with Crippen molar-refractivity contribution in [3.63, 3.8) is 0 Å². The Labute approximate surface area is 162 Å². The molecule has 0 radical (unpaired) electrons. The maximum Gasteiger partial charge on any atom is 0.275 e. The summed E-state index contributed by atoms with van der Waals surface area (Å²) in [5.74, 6) is -1.46. The number of primary amides is 1. The van der Waals surface area contributed by atoms with Crippen LogP contribution in [0.2, 0.25) is 5.02 Å². The molecule has 4 N–H and O–H groups in total. The van der Waals surface area contributed by atoms with Crippen LogP contribution in [0.3, 0.4) is 0 Å². The van der Waals surface area contributed by atoms with Crippen LogP contribution in [0.25, 0.3) is 0 Å². The summed E-state index contributed by atoms with van der Waals surface area (Å²) in [7, 11) is -3.88. The monoisotopic (exact) mass is 410 g/mol. The molecule has 0 spiro atoms. The van der Waals surface area contributed by atoms with Gasteiger partial charge in [0.2, 0.25) is 15.9 Å². The maximum atomic E-state index is 12.6. The second-order valence-corrected chi connectivity index (χ2v) is 8.78. The van der Waals surface area contributed by atoms with Crippen molar-refractivity contribution in [2.24, 2.45) is 5.73 Å². The number of pyridine rings is 1. The average Bonchev–Trinajstić information content (AvgIpc) is 2.52. The molecule has 1 aromatic carbocycles. The van der Waals surface area contributed by atoms with Crippen molar-refractivity contribution in [2.75, 3.05) is 5.32 Å². The number of hydrogen-bond acceptors (Lipinski definition) is 5. The minimum Gasteiger partial charge on any atom is -0.366 e. The van der Waals surface area contributed by atoms with Crippen LogP contribution in [-0.2, 0) is 10.0 Å². The predicted octanol–water partition coefficient (Wildman–Crippen LogP) is 2.16. The van der Waals surface area contributed by atoms with Crippen molar-refractivity contribution < 1.29 is 18.0 Å². The summed E-state index contributed by atoms with van der Waals surface area (Å²) in [5, 5.41) is 2.40. The first-order valence-corrected chi connectivity index (χ1v) is 9.66. The molecule has 27 heavy (non-hydrogen) atoms. The van der Waals surface area contributed by atoms with E-state index >= 15 is 0 Å².